The Morgan fingerprint density at radius 1 is 1.39 bits per heavy atom. The van der Waals surface area contributed by atoms with Gasteiger partial charge in [-0.2, -0.15) is 13.2 Å². The van der Waals surface area contributed by atoms with Crippen molar-refractivity contribution in [3.63, 3.8) is 0 Å². The van der Waals surface area contributed by atoms with Crippen molar-refractivity contribution in [2.24, 2.45) is 5.73 Å². The number of hydrogen-bond acceptors (Lipinski definition) is 2. The maximum atomic E-state index is 11.9. The molecule has 0 heterocycles. The van der Waals surface area contributed by atoms with Crippen LogP contribution in [0.3, 0.4) is 0 Å². The molecule has 100 valence electrons. The fraction of sp³-hybridized carbons (Fsp3) is 0.417. The van der Waals surface area contributed by atoms with Crippen LogP contribution in [0.25, 0.3) is 0 Å². The number of amidine groups is 1. The maximum Gasteiger partial charge on any atom is 0.391 e. The van der Waals surface area contributed by atoms with E-state index in [9.17, 15) is 13.2 Å². The van der Waals surface area contributed by atoms with Crippen LogP contribution < -0.4 is 5.73 Å². The van der Waals surface area contributed by atoms with Gasteiger partial charge in [0.25, 0.3) is 0 Å². The normalized spacial score (nSPS) is 11.6. The molecule has 0 fully saturated rings. The van der Waals surface area contributed by atoms with Gasteiger partial charge < -0.3 is 10.5 Å². The molecular weight excluding hydrogens is 245 g/mol. The third-order valence-corrected chi connectivity index (χ3v) is 2.44. The monoisotopic (exact) mass is 260 g/mol. The van der Waals surface area contributed by atoms with Crippen LogP contribution in [0.1, 0.15) is 23.1 Å². The van der Waals surface area contributed by atoms with E-state index in [2.05, 4.69) is 0 Å². The van der Waals surface area contributed by atoms with Crippen molar-refractivity contribution in [2.75, 3.05) is 6.61 Å². The Morgan fingerprint density at radius 2 is 2.06 bits per heavy atom. The van der Waals surface area contributed by atoms with E-state index in [-0.39, 0.29) is 19.0 Å². The summed E-state index contributed by atoms with van der Waals surface area (Å²) >= 11 is 0. The molecule has 1 rings (SSSR count). The Balaban J connectivity index is 2.51. The molecule has 0 aliphatic rings. The number of rotatable bonds is 5. The van der Waals surface area contributed by atoms with Crippen LogP contribution >= 0.6 is 0 Å². The maximum absolute atomic E-state index is 11.9. The Morgan fingerprint density at radius 3 is 2.56 bits per heavy atom. The number of aryl methyl sites for hydroxylation is 1. The minimum absolute atomic E-state index is 0.0392. The highest BCUT2D eigenvalue weighted by Gasteiger charge is 2.26. The summed E-state index contributed by atoms with van der Waals surface area (Å²) in [6.07, 6.45) is -5.13. The topological polar surface area (TPSA) is 59.1 Å². The highest BCUT2D eigenvalue weighted by atomic mass is 19.4. The molecule has 0 unspecified atom stereocenters. The summed E-state index contributed by atoms with van der Waals surface area (Å²) in [4.78, 5) is 0. The van der Waals surface area contributed by atoms with Crippen LogP contribution in [0.2, 0.25) is 0 Å². The lowest BCUT2D eigenvalue weighted by Crippen LogP contribution is -2.13. The van der Waals surface area contributed by atoms with Crippen LogP contribution in [0.5, 0.6) is 0 Å². The Labute approximate surface area is 103 Å². The highest BCUT2D eigenvalue weighted by molar-refractivity contribution is 5.95. The number of hydrogen-bond donors (Lipinski definition) is 2. The molecule has 3 N–H and O–H groups in total. The van der Waals surface area contributed by atoms with E-state index in [0.717, 1.165) is 11.1 Å². The first kappa shape index (κ1) is 14.5. The summed E-state index contributed by atoms with van der Waals surface area (Å²) in [5, 5.41) is 7.26. The molecule has 6 heteroatoms. The first-order valence-electron chi connectivity index (χ1n) is 5.38. The minimum Gasteiger partial charge on any atom is -0.384 e. The van der Waals surface area contributed by atoms with Crippen LogP contribution in [0, 0.1) is 12.3 Å². The fourth-order valence-electron chi connectivity index (χ4n) is 1.40. The number of ether oxygens (including phenoxy) is 1. The molecule has 0 atom stereocenters. The number of nitrogen functional groups attached to an aromatic ring is 1. The average molecular weight is 260 g/mol. The lowest BCUT2D eigenvalue weighted by Gasteiger charge is -2.10. The summed E-state index contributed by atoms with van der Waals surface area (Å²) in [7, 11) is 0. The van der Waals surface area contributed by atoms with Crippen molar-refractivity contribution in [2.45, 2.75) is 26.1 Å². The molecule has 0 saturated heterocycles. The minimum atomic E-state index is -4.19. The molecule has 3 nitrogen and oxygen atoms in total. The Kier molecular flexibility index (Phi) is 4.72. The molecule has 0 spiro atoms. The van der Waals surface area contributed by atoms with Crippen LogP contribution in [-0.4, -0.2) is 18.6 Å². The predicted molar refractivity (Wildman–Crippen MR) is 62.5 cm³/mol. The van der Waals surface area contributed by atoms with E-state index >= 15 is 0 Å². The molecule has 0 aliphatic heterocycles. The van der Waals surface area contributed by atoms with E-state index < -0.39 is 12.6 Å². The van der Waals surface area contributed by atoms with Crippen molar-refractivity contribution in [3.8, 4) is 0 Å². The largest absolute Gasteiger partial charge is 0.391 e. The zero-order chi connectivity index (χ0) is 13.8. The second-order valence-electron chi connectivity index (χ2n) is 3.97. The zero-order valence-corrected chi connectivity index (χ0v) is 9.97. The third-order valence-electron chi connectivity index (χ3n) is 2.44. The quantitative estimate of drug-likeness (QED) is 0.486. The van der Waals surface area contributed by atoms with Gasteiger partial charge in [0.2, 0.25) is 0 Å². The molecule has 0 amide bonds. The van der Waals surface area contributed by atoms with Gasteiger partial charge in [0.05, 0.1) is 19.6 Å². The summed E-state index contributed by atoms with van der Waals surface area (Å²) < 4.78 is 40.6. The van der Waals surface area contributed by atoms with Crippen molar-refractivity contribution in [1.29, 1.82) is 5.41 Å². The van der Waals surface area contributed by atoms with Gasteiger partial charge >= 0.3 is 6.18 Å². The van der Waals surface area contributed by atoms with Crippen LogP contribution in [0.15, 0.2) is 18.2 Å². The van der Waals surface area contributed by atoms with E-state index in [1.807, 2.05) is 0 Å². The van der Waals surface area contributed by atoms with Gasteiger partial charge in [-0.05, 0) is 24.1 Å². The van der Waals surface area contributed by atoms with Crippen molar-refractivity contribution in [3.05, 3.63) is 34.9 Å². The lowest BCUT2D eigenvalue weighted by atomic mass is 10.1. The highest BCUT2D eigenvalue weighted by Crippen LogP contribution is 2.19. The SMILES string of the molecule is Cc1cc(C(=N)N)ccc1COCCC(F)(F)F. The lowest BCUT2D eigenvalue weighted by molar-refractivity contribution is -0.146. The number of nitrogens with one attached hydrogen (secondary N) is 1. The molecular formula is C12H15F3N2O. The first-order chi connectivity index (χ1) is 8.29. The van der Waals surface area contributed by atoms with Gasteiger partial charge in [0, 0.05) is 5.56 Å². The number of alkyl halides is 3. The van der Waals surface area contributed by atoms with Crippen molar-refractivity contribution in [1.82, 2.24) is 0 Å². The standard InChI is InChI=1S/C12H15F3N2O/c1-8-6-9(11(16)17)2-3-10(8)7-18-5-4-12(13,14)15/h2-3,6H,4-5,7H2,1H3,(H3,16,17). The van der Waals surface area contributed by atoms with Crippen LogP contribution in [-0.2, 0) is 11.3 Å². The van der Waals surface area contributed by atoms with E-state index in [1.165, 1.54) is 0 Å². The third kappa shape index (κ3) is 4.75. The molecule has 0 bridgehead atoms. The molecule has 0 radical (unpaired) electrons. The average Bonchev–Trinajstić information content (AvgIpc) is 2.24. The van der Waals surface area contributed by atoms with E-state index in [1.54, 1.807) is 25.1 Å². The summed E-state index contributed by atoms with van der Waals surface area (Å²) in [5.74, 6) is -0.0392. The summed E-state index contributed by atoms with van der Waals surface area (Å²) in [6, 6.07) is 5.07. The number of nitrogens with two attached hydrogens (primary N) is 1. The van der Waals surface area contributed by atoms with Crippen molar-refractivity contribution < 1.29 is 17.9 Å². The fourth-order valence-corrected chi connectivity index (χ4v) is 1.40. The molecule has 1 aromatic carbocycles. The molecule has 0 aromatic heterocycles. The molecule has 1 aromatic rings. The number of halogens is 3. The second kappa shape index (κ2) is 5.86. The molecule has 18 heavy (non-hydrogen) atoms. The zero-order valence-electron chi connectivity index (χ0n) is 9.97. The van der Waals surface area contributed by atoms with Gasteiger partial charge in [-0.15, -0.1) is 0 Å². The second-order valence-corrected chi connectivity index (χ2v) is 3.97. The summed E-state index contributed by atoms with van der Waals surface area (Å²) in [6.45, 7) is 1.58. The van der Waals surface area contributed by atoms with Crippen molar-refractivity contribution >= 4 is 5.84 Å². The van der Waals surface area contributed by atoms with Gasteiger partial charge in [-0.25, -0.2) is 0 Å². The van der Waals surface area contributed by atoms with Gasteiger partial charge in [0.1, 0.15) is 5.84 Å². The van der Waals surface area contributed by atoms with E-state index in [0.29, 0.717) is 5.56 Å². The number of benzene rings is 1. The van der Waals surface area contributed by atoms with Gasteiger partial charge in [0.15, 0.2) is 0 Å². The summed E-state index contributed by atoms with van der Waals surface area (Å²) in [5.41, 5.74) is 7.55. The van der Waals surface area contributed by atoms with Crippen LogP contribution in [0.4, 0.5) is 13.2 Å². The first-order valence-corrected chi connectivity index (χ1v) is 5.38. The molecule has 0 aliphatic carbocycles. The van der Waals surface area contributed by atoms with E-state index in [4.69, 9.17) is 15.9 Å². The van der Waals surface area contributed by atoms with Gasteiger partial charge in [-0.1, -0.05) is 12.1 Å². The smallest absolute Gasteiger partial charge is 0.384 e. The Bertz CT molecular complexity index is 430. The predicted octanol–water partition coefficient (Wildman–Crippen LogP) is 2.75. The molecule has 0 saturated carbocycles. The van der Waals surface area contributed by atoms with Gasteiger partial charge in [-0.3, -0.25) is 5.41 Å². The Hall–Kier alpha value is -1.56.